The van der Waals surface area contributed by atoms with Crippen LogP contribution in [0.1, 0.15) is 46.8 Å². The Bertz CT molecular complexity index is 759. The molecule has 2 aromatic rings. The Hall–Kier alpha value is -2.21. The number of aromatic nitrogens is 3. The van der Waals surface area contributed by atoms with Gasteiger partial charge in [-0.25, -0.2) is 0 Å². The summed E-state index contributed by atoms with van der Waals surface area (Å²) in [4.78, 5) is 17.0. The van der Waals surface area contributed by atoms with Gasteiger partial charge in [-0.2, -0.15) is 0 Å². The summed E-state index contributed by atoms with van der Waals surface area (Å²) in [6.45, 7) is 7.24. The van der Waals surface area contributed by atoms with Crippen LogP contribution in [0.5, 0.6) is 0 Å². The van der Waals surface area contributed by atoms with Crippen molar-refractivity contribution in [3.63, 3.8) is 0 Å². The minimum atomic E-state index is 0.140. The van der Waals surface area contributed by atoms with E-state index in [9.17, 15) is 4.79 Å². The highest BCUT2D eigenvalue weighted by atomic mass is 16.2. The zero-order chi connectivity index (χ0) is 17.9. The third-order valence-corrected chi connectivity index (χ3v) is 5.51. The summed E-state index contributed by atoms with van der Waals surface area (Å²) < 4.78 is 2.32. The maximum atomic E-state index is 12.6. The Morgan fingerprint density at radius 3 is 2.50 bits per heavy atom. The fourth-order valence-corrected chi connectivity index (χ4v) is 3.85. The van der Waals surface area contributed by atoms with Crippen LogP contribution in [-0.4, -0.2) is 56.7 Å². The first-order valence-corrected chi connectivity index (χ1v) is 9.70. The second kappa shape index (κ2) is 7.58. The highest BCUT2D eigenvalue weighted by Gasteiger charge is 2.24. The van der Waals surface area contributed by atoms with Gasteiger partial charge in [0.1, 0.15) is 11.6 Å². The Morgan fingerprint density at radius 1 is 0.962 bits per heavy atom. The molecule has 4 rings (SSSR count). The molecule has 3 heterocycles. The Morgan fingerprint density at radius 2 is 1.73 bits per heavy atom. The molecule has 0 bridgehead atoms. The van der Waals surface area contributed by atoms with E-state index >= 15 is 0 Å². The van der Waals surface area contributed by atoms with Crippen LogP contribution in [0.2, 0.25) is 0 Å². The highest BCUT2D eigenvalue weighted by Crippen LogP contribution is 2.17. The SMILES string of the molecule is Cc1ccc(C(=O)N2CCN(Cc3nnc4n3CCCCC4)CC2)cc1. The van der Waals surface area contributed by atoms with E-state index in [1.54, 1.807) is 0 Å². The number of fused-ring (bicyclic) bond motifs is 1. The summed E-state index contributed by atoms with van der Waals surface area (Å²) in [6, 6.07) is 7.85. The highest BCUT2D eigenvalue weighted by molar-refractivity contribution is 5.94. The zero-order valence-electron chi connectivity index (χ0n) is 15.5. The van der Waals surface area contributed by atoms with Crippen molar-refractivity contribution in [1.29, 1.82) is 0 Å². The van der Waals surface area contributed by atoms with E-state index in [1.807, 2.05) is 36.1 Å². The number of benzene rings is 1. The van der Waals surface area contributed by atoms with Gasteiger partial charge in [0.05, 0.1) is 6.54 Å². The average Bonchev–Trinajstić information content (AvgIpc) is 2.89. The molecule has 1 aromatic heterocycles. The van der Waals surface area contributed by atoms with Crippen molar-refractivity contribution in [1.82, 2.24) is 24.6 Å². The van der Waals surface area contributed by atoms with Crippen LogP contribution in [-0.2, 0) is 19.5 Å². The molecule has 1 saturated heterocycles. The summed E-state index contributed by atoms with van der Waals surface area (Å²) in [5.41, 5.74) is 1.96. The van der Waals surface area contributed by atoms with E-state index in [-0.39, 0.29) is 5.91 Å². The Kier molecular flexibility index (Phi) is 5.02. The van der Waals surface area contributed by atoms with E-state index in [4.69, 9.17) is 0 Å². The fraction of sp³-hybridized carbons (Fsp3) is 0.550. The molecule has 0 radical (unpaired) electrons. The van der Waals surface area contributed by atoms with Gasteiger partial charge in [0.2, 0.25) is 0 Å². The van der Waals surface area contributed by atoms with Gasteiger partial charge in [-0.05, 0) is 31.9 Å². The summed E-state index contributed by atoms with van der Waals surface area (Å²) in [5, 5.41) is 8.83. The summed E-state index contributed by atoms with van der Waals surface area (Å²) in [6.07, 6.45) is 4.77. The van der Waals surface area contributed by atoms with Crippen molar-refractivity contribution in [2.24, 2.45) is 0 Å². The van der Waals surface area contributed by atoms with Crippen LogP contribution in [0.15, 0.2) is 24.3 Å². The molecule has 2 aliphatic heterocycles. The van der Waals surface area contributed by atoms with Crippen LogP contribution in [0.4, 0.5) is 0 Å². The van der Waals surface area contributed by atoms with E-state index < -0.39 is 0 Å². The normalized spacial score (nSPS) is 18.4. The first-order valence-electron chi connectivity index (χ1n) is 9.70. The fourth-order valence-electron chi connectivity index (χ4n) is 3.85. The lowest BCUT2D eigenvalue weighted by Gasteiger charge is -2.34. The monoisotopic (exact) mass is 353 g/mol. The lowest BCUT2D eigenvalue weighted by molar-refractivity contribution is 0.0624. The molecule has 0 unspecified atom stereocenters. The first-order chi connectivity index (χ1) is 12.7. The number of aryl methyl sites for hydroxylation is 2. The Labute approximate surface area is 154 Å². The smallest absolute Gasteiger partial charge is 0.253 e. The number of piperazine rings is 1. The molecule has 0 N–H and O–H groups in total. The Balaban J connectivity index is 1.35. The molecule has 0 atom stereocenters. The molecule has 1 aromatic carbocycles. The van der Waals surface area contributed by atoms with Gasteiger partial charge in [0.25, 0.3) is 5.91 Å². The summed E-state index contributed by atoms with van der Waals surface area (Å²) in [7, 11) is 0. The average molecular weight is 353 g/mol. The number of carbonyl (C=O) groups excluding carboxylic acids is 1. The predicted molar refractivity (Wildman–Crippen MR) is 99.9 cm³/mol. The molecule has 6 heteroatoms. The van der Waals surface area contributed by atoms with Crippen LogP contribution in [0.25, 0.3) is 0 Å². The predicted octanol–water partition coefficient (Wildman–Crippen LogP) is 2.27. The summed E-state index contributed by atoms with van der Waals surface area (Å²) >= 11 is 0. The van der Waals surface area contributed by atoms with Crippen molar-refractivity contribution in [2.45, 2.75) is 45.7 Å². The van der Waals surface area contributed by atoms with E-state index in [2.05, 4.69) is 19.7 Å². The van der Waals surface area contributed by atoms with Gasteiger partial charge in [-0.1, -0.05) is 24.1 Å². The number of hydrogen-bond acceptors (Lipinski definition) is 4. The first kappa shape index (κ1) is 17.2. The van der Waals surface area contributed by atoms with Gasteiger partial charge in [-0.3, -0.25) is 9.69 Å². The number of carbonyl (C=O) groups is 1. The number of amides is 1. The third kappa shape index (κ3) is 3.65. The molecular formula is C20H27N5O. The van der Waals surface area contributed by atoms with Gasteiger partial charge in [0, 0.05) is 44.7 Å². The number of nitrogens with zero attached hydrogens (tertiary/aromatic N) is 5. The standard InChI is InChI=1S/C20H27N5O/c1-16-6-8-17(9-7-16)20(26)24-13-11-23(12-14-24)15-19-22-21-18-5-3-2-4-10-25(18)19/h6-9H,2-5,10-15H2,1H3. The van der Waals surface area contributed by atoms with Gasteiger partial charge < -0.3 is 9.47 Å². The molecule has 26 heavy (non-hydrogen) atoms. The summed E-state index contributed by atoms with van der Waals surface area (Å²) in [5.74, 6) is 2.37. The van der Waals surface area contributed by atoms with E-state index in [0.29, 0.717) is 0 Å². The maximum Gasteiger partial charge on any atom is 0.253 e. The quantitative estimate of drug-likeness (QED) is 0.849. The minimum Gasteiger partial charge on any atom is -0.336 e. The molecule has 1 fully saturated rings. The van der Waals surface area contributed by atoms with Crippen molar-refractivity contribution < 1.29 is 4.79 Å². The number of rotatable bonds is 3. The van der Waals surface area contributed by atoms with Crippen molar-refractivity contribution in [2.75, 3.05) is 26.2 Å². The maximum absolute atomic E-state index is 12.6. The van der Waals surface area contributed by atoms with Crippen LogP contribution >= 0.6 is 0 Å². The van der Waals surface area contributed by atoms with Gasteiger partial charge >= 0.3 is 0 Å². The van der Waals surface area contributed by atoms with Crippen LogP contribution in [0.3, 0.4) is 0 Å². The second-order valence-electron chi connectivity index (χ2n) is 7.43. The lowest BCUT2D eigenvalue weighted by Crippen LogP contribution is -2.48. The van der Waals surface area contributed by atoms with Crippen LogP contribution in [0, 0.1) is 6.92 Å². The molecule has 6 nitrogen and oxygen atoms in total. The van der Waals surface area contributed by atoms with Crippen molar-refractivity contribution >= 4 is 5.91 Å². The van der Waals surface area contributed by atoms with Gasteiger partial charge in [-0.15, -0.1) is 10.2 Å². The van der Waals surface area contributed by atoms with E-state index in [1.165, 1.54) is 24.8 Å². The lowest BCUT2D eigenvalue weighted by atomic mass is 10.1. The topological polar surface area (TPSA) is 54.3 Å². The van der Waals surface area contributed by atoms with Gasteiger partial charge in [0.15, 0.2) is 0 Å². The molecule has 138 valence electrons. The second-order valence-corrected chi connectivity index (χ2v) is 7.43. The van der Waals surface area contributed by atoms with Crippen molar-refractivity contribution in [3.05, 3.63) is 47.0 Å². The third-order valence-electron chi connectivity index (χ3n) is 5.51. The van der Waals surface area contributed by atoms with E-state index in [0.717, 1.165) is 62.9 Å². The largest absolute Gasteiger partial charge is 0.336 e. The molecule has 1 amide bonds. The molecule has 2 aliphatic rings. The zero-order valence-corrected chi connectivity index (χ0v) is 15.5. The minimum absolute atomic E-state index is 0.140. The number of hydrogen-bond donors (Lipinski definition) is 0. The van der Waals surface area contributed by atoms with Crippen LogP contribution < -0.4 is 0 Å². The molecule has 0 aliphatic carbocycles. The molecule has 0 saturated carbocycles. The van der Waals surface area contributed by atoms with Crippen molar-refractivity contribution in [3.8, 4) is 0 Å². The molecular weight excluding hydrogens is 326 g/mol. The molecule has 0 spiro atoms.